The van der Waals surface area contributed by atoms with Gasteiger partial charge in [0.05, 0.1) is 12.5 Å². The molecule has 2 aromatic heterocycles. The fourth-order valence-corrected chi connectivity index (χ4v) is 4.40. The van der Waals surface area contributed by atoms with Crippen molar-refractivity contribution in [3.8, 4) is 22.6 Å². The van der Waals surface area contributed by atoms with E-state index in [9.17, 15) is 4.79 Å². The lowest BCUT2D eigenvalue weighted by molar-refractivity contribution is 0.103. The Kier molecular flexibility index (Phi) is 5.97. The van der Waals surface area contributed by atoms with Crippen LogP contribution < -0.4 is 4.90 Å². The summed E-state index contributed by atoms with van der Waals surface area (Å²) in [7, 11) is 0. The number of hydrogen-bond acceptors (Lipinski definition) is 4. The molecule has 0 bridgehead atoms. The molecule has 4 heteroatoms. The van der Waals surface area contributed by atoms with Gasteiger partial charge < -0.3 is 13.7 Å². The number of furan rings is 2. The Bertz CT molecular complexity index is 1510. The van der Waals surface area contributed by atoms with Crippen molar-refractivity contribution >= 4 is 22.8 Å². The van der Waals surface area contributed by atoms with E-state index in [0.29, 0.717) is 11.1 Å². The number of carbonyl (C=O) groups excluding carboxylic acids is 1. The summed E-state index contributed by atoms with van der Waals surface area (Å²) >= 11 is 0. The lowest BCUT2D eigenvalue weighted by Crippen LogP contribution is -2.10. The van der Waals surface area contributed by atoms with Gasteiger partial charge >= 0.3 is 0 Å². The van der Waals surface area contributed by atoms with Gasteiger partial charge in [-0.05, 0) is 97.1 Å². The van der Waals surface area contributed by atoms with Crippen molar-refractivity contribution in [2.75, 3.05) is 4.90 Å². The monoisotopic (exact) mass is 481 g/mol. The molecule has 0 aliphatic carbocycles. The summed E-state index contributed by atoms with van der Waals surface area (Å²) in [4.78, 5) is 15.1. The number of rotatable bonds is 7. The molecular formula is C33H23NO3. The molecule has 2 heterocycles. The van der Waals surface area contributed by atoms with E-state index in [4.69, 9.17) is 8.83 Å². The van der Waals surface area contributed by atoms with Gasteiger partial charge in [-0.1, -0.05) is 30.3 Å². The second kappa shape index (κ2) is 9.88. The highest BCUT2D eigenvalue weighted by Crippen LogP contribution is 2.37. The van der Waals surface area contributed by atoms with Gasteiger partial charge in [-0.2, -0.15) is 0 Å². The van der Waals surface area contributed by atoms with Gasteiger partial charge in [0.1, 0.15) is 11.5 Å². The van der Waals surface area contributed by atoms with Crippen molar-refractivity contribution in [1.29, 1.82) is 0 Å². The molecule has 0 atom stereocenters. The molecule has 0 amide bonds. The van der Waals surface area contributed by atoms with Gasteiger partial charge in [0.15, 0.2) is 5.78 Å². The van der Waals surface area contributed by atoms with Gasteiger partial charge in [0, 0.05) is 39.3 Å². The molecule has 6 rings (SSSR count). The highest BCUT2D eigenvalue weighted by molar-refractivity contribution is 6.09. The summed E-state index contributed by atoms with van der Waals surface area (Å²) in [6, 6.07) is 41.2. The maximum Gasteiger partial charge on any atom is 0.193 e. The molecule has 0 unspecified atom stereocenters. The first-order valence-corrected chi connectivity index (χ1v) is 12.0. The highest BCUT2D eigenvalue weighted by atomic mass is 16.3. The summed E-state index contributed by atoms with van der Waals surface area (Å²) in [5.74, 6) is 1.65. The molecule has 4 aromatic carbocycles. The van der Waals surface area contributed by atoms with Gasteiger partial charge in [-0.25, -0.2) is 0 Å². The van der Waals surface area contributed by atoms with Crippen molar-refractivity contribution in [2.45, 2.75) is 0 Å². The Labute approximate surface area is 215 Å². The average Bonchev–Trinajstić information content (AvgIpc) is 3.70. The van der Waals surface area contributed by atoms with Gasteiger partial charge in [-0.3, -0.25) is 4.79 Å². The molecule has 6 aromatic rings. The van der Waals surface area contributed by atoms with Crippen LogP contribution in [0.2, 0.25) is 0 Å². The quantitative estimate of drug-likeness (QED) is 0.214. The second-order valence-corrected chi connectivity index (χ2v) is 8.63. The molecule has 0 aliphatic rings. The summed E-state index contributed by atoms with van der Waals surface area (Å²) < 4.78 is 11.1. The van der Waals surface area contributed by atoms with Crippen molar-refractivity contribution in [1.82, 2.24) is 0 Å². The van der Waals surface area contributed by atoms with Crippen LogP contribution in [0.3, 0.4) is 0 Å². The Balaban J connectivity index is 1.37. The van der Waals surface area contributed by atoms with E-state index >= 15 is 0 Å². The van der Waals surface area contributed by atoms with Gasteiger partial charge in [0.2, 0.25) is 0 Å². The molecule has 0 saturated carbocycles. The second-order valence-electron chi connectivity index (χ2n) is 8.63. The largest absolute Gasteiger partial charge is 0.464 e. The fraction of sp³-hybridized carbons (Fsp3) is 0. The number of benzene rings is 4. The summed E-state index contributed by atoms with van der Waals surface area (Å²) in [5, 5.41) is 0. The predicted molar refractivity (Wildman–Crippen MR) is 146 cm³/mol. The van der Waals surface area contributed by atoms with E-state index in [1.165, 1.54) is 0 Å². The molecule has 0 fully saturated rings. The Hall–Kier alpha value is -5.09. The van der Waals surface area contributed by atoms with Crippen LogP contribution in [0.5, 0.6) is 0 Å². The van der Waals surface area contributed by atoms with Crippen LogP contribution in [0.4, 0.5) is 17.1 Å². The number of ketones is 1. The standard InChI is InChI=1S/C33H23NO3/c35-33(26-6-2-1-3-7-26)27-14-20-30(21-15-27)34(28-16-10-24(11-17-28)31-8-4-22-36-31)29-18-12-25(13-19-29)32-9-5-23-37-32/h1-23H. The van der Waals surface area contributed by atoms with Crippen molar-refractivity contribution in [3.05, 3.63) is 151 Å². The number of nitrogens with zero attached hydrogens (tertiary/aromatic N) is 1. The van der Waals surface area contributed by atoms with Crippen molar-refractivity contribution in [2.24, 2.45) is 0 Å². The topological polar surface area (TPSA) is 46.6 Å². The van der Waals surface area contributed by atoms with Crippen LogP contribution in [-0.2, 0) is 0 Å². The van der Waals surface area contributed by atoms with E-state index in [1.807, 2.05) is 103 Å². The minimum absolute atomic E-state index is 0.00398. The molecular weight excluding hydrogens is 458 g/mol. The third-order valence-corrected chi connectivity index (χ3v) is 6.29. The van der Waals surface area contributed by atoms with Crippen molar-refractivity contribution in [3.63, 3.8) is 0 Å². The van der Waals surface area contributed by atoms with Gasteiger partial charge in [-0.15, -0.1) is 0 Å². The number of anilines is 3. The molecule has 0 radical (unpaired) electrons. The van der Waals surface area contributed by atoms with E-state index in [1.54, 1.807) is 12.5 Å². The van der Waals surface area contributed by atoms with Crippen LogP contribution in [-0.4, -0.2) is 5.78 Å². The molecule has 0 saturated heterocycles. The summed E-state index contributed by atoms with van der Waals surface area (Å²) in [5.41, 5.74) is 6.26. The Morgan fingerprint density at radius 1 is 0.459 bits per heavy atom. The summed E-state index contributed by atoms with van der Waals surface area (Å²) in [6.45, 7) is 0. The predicted octanol–water partition coefficient (Wildman–Crippen LogP) is 8.91. The molecule has 0 N–H and O–H groups in total. The third-order valence-electron chi connectivity index (χ3n) is 6.29. The lowest BCUT2D eigenvalue weighted by Gasteiger charge is -2.26. The summed E-state index contributed by atoms with van der Waals surface area (Å²) in [6.07, 6.45) is 3.35. The van der Waals surface area contributed by atoms with Crippen LogP contribution in [0.15, 0.2) is 149 Å². The lowest BCUT2D eigenvalue weighted by atomic mass is 10.0. The van der Waals surface area contributed by atoms with Crippen molar-refractivity contribution < 1.29 is 13.6 Å². The number of carbonyl (C=O) groups is 1. The molecule has 178 valence electrons. The average molecular weight is 482 g/mol. The first-order chi connectivity index (χ1) is 18.3. The normalized spacial score (nSPS) is 10.8. The van der Waals surface area contributed by atoms with Crippen LogP contribution in [0, 0.1) is 0 Å². The van der Waals surface area contributed by atoms with Crippen LogP contribution >= 0.6 is 0 Å². The fourth-order valence-electron chi connectivity index (χ4n) is 4.40. The zero-order valence-electron chi connectivity index (χ0n) is 20.0. The molecule has 4 nitrogen and oxygen atoms in total. The van der Waals surface area contributed by atoms with E-state index in [2.05, 4.69) is 29.2 Å². The minimum atomic E-state index is 0.00398. The SMILES string of the molecule is O=C(c1ccccc1)c1ccc(N(c2ccc(-c3ccco3)cc2)c2ccc(-c3ccco3)cc2)cc1. The van der Waals surface area contributed by atoms with E-state index in [0.717, 1.165) is 39.7 Å². The van der Waals surface area contributed by atoms with Crippen LogP contribution in [0.1, 0.15) is 15.9 Å². The number of hydrogen-bond donors (Lipinski definition) is 0. The van der Waals surface area contributed by atoms with E-state index in [-0.39, 0.29) is 5.78 Å². The van der Waals surface area contributed by atoms with Crippen LogP contribution in [0.25, 0.3) is 22.6 Å². The maximum atomic E-state index is 12.9. The van der Waals surface area contributed by atoms with E-state index < -0.39 is 0 Å². The molecule has 0 spiro atoms. The smallest absolute Gasteiger partial charge is 0.193 e. The molecule has 0 aliphatic heterocycles. The zero-order valence-corrected chi connectivity index (χ0v) is 20.0. The third kappa shape index (κ3) is 4.60. The first-order valence-electron chi connectivity index (χ1n) is 12.0. The highest BCUT2D eigenvalue weighted by Gasteiger charge is 2.15. The van der Waals surface area contributed by atoms with Gasteiger partial charge in [0.25, 0.3) is 0 Å². The Morgan fingerprint density at radius 3 is 1.32 bits per heavy atom. The zero-order chi connectivity index (χ0) is 25.0. The minimum Gasteiger partial charge on any atom is -0.464 e. The maximum absolute atomic E-state index is 12.9. The molecule has 37 heavy (non-hydrogen) atoms. The Morgan fingerprint density at radius 2 is 0.892 bits per heavy atom. The first kappa shape index (κ1) is 22.4.